The van der Waals surface area contributed by atoms with E-state index in [2.05, 4.69) is 23.7 Å². The van der Waals surface area contributed by atoms with Crippen molar-refractivity contribution in [3.63, 3.8) is 0 Å². The van der Waals surface area contributed by atoms with E-state index in [9.17, 15) is 4.79 Å². The number of thioether (sulfide) groups is 2. The molecule has 0 bridgehead atoms. The van der Waals surface area contributed by atoms with E-state index in [1.807, 2.05) is 6.92 Å². The molecule has 0 saturated carbocycles. The summed E-state index contributed by atoms with van der Waals surface area (Å²) in [6.45, 7) is 9.31. The number of carbonyl (C=O) groups excluding carboxylic acids is 1. The lowest BCUT2D eigenvalue weighted by Gasteiger charge is -2.11. The van der Waals surface area contributed by atoms with Gasteiger partial charge in [-0.15, -0.1) is 10.2 Å². The van der Waals surface area contributed by atoms with Crippen LogP contribution in [-0.2, 0) is 9.53 Å². The lowest BCUT2D eigenvalue weighted by atomic mass is 10.2. The monoisotopic (exact) mass is 360 g/mol. The van der Waals surface area contributed by atoms with E-state index in [0.29, 0.717) is 11.3 Å². The zero-order valence-electron chi connectivity index (χ0n) is 13.5. The maximum Gasteiger partial charge on any atom is 0.333 e. The van der Waals surface area contributed by atoms with Crippen molar-refractivity contribution in [2.75, 3.05) is 11.5 Å². The molecule has 124 valence electrons. The van der Waals surface area contributed by atoms with Crippen LogP contribution in [0.2, 0.25) is 0 Å². The van der Waals surface area contributed by atoms with Crippen LogP contribution in [-0.4, -0.2) is 33.8 Å². The fraction of sp³-hybridized carbons (Fsp3) is 0.667. The van der Waals surface area contributed by atoms with Gasteiger partial charge in [0, 0.05) is 17.1 Å². The molecule has 0 aliphatic rings. The van der Waals surface area contributed by atoms with Crippen molar-refractivity contribution in [1.29, 1.82) is 0 Å². The number of carbonyl (C=O) groups is 1. The van der Waals surface area contributed by atoms with Crippen LogP contribution in [0.25, 0.3) is 0 Å². The topological polar surface area (TPSA) is 52.1 Å². The summed E-state index contributed by atoms with van der Waals surface area (Å²) in [7, 11) is 0. The lowest BCUT2D eigenvalue weighted by molar-refractivity contribution is -0.142. The zero-order chi connectivity index (χ0) is 16.4. The Morgan fingerprint density at radius 2 is 1.95 bits per heavy atom. The SMILES string of the molecule is C=C(C)C(=O)OC(C)CSc1nnc(SCCCCCC)s1. The van der Waals surface area contributed by atoms with Crippen LogP contribution in [0.3, 0.4) is 0 Å². The first-order valence-electron chi connectivity index (χ1n) is 7.48. The van der Waals surface area contributed by atoms with E-state index < -0.39 is 0 Å². The van der Waals surface area contributed by atoms with Gasteiger partial charge in [0.25, 0.3) is 0 Å². The summed E-state index contributed by atoms with van der Waals surface area (Å²) >= 11 is 4.96. The van der Waals surface area contributed by atoms with Crippen molar-refractivity contribution in [3.8, 4) is 0 Å². The molecular formula is C15H24N2O2S3. The molecule has 22 heavy (non-hydrogen) atoms. The molecule has 1 aromatic heterocycles. The Labute approximate surface area is 145 Å². The third-order valence-corrected chi connectivity index (χ3v) is 6.22. The van der Waals surface area contributed by atoms with Gasteiger partial charge in [0.2, 0.25) is 0 Å². The molecule has 7 heteroatoms. The zero-order valence-corrected chi connectivity index (χ0v) is 15.9. The van der Waals surface area contributed by atoms with Crippen molar-refractivity contribution in [1.82, 2.24) is 10.2 Å². The van der Waals surface area contributed by atoms with E-state index in [4.69, 9.17) is 4.74 Å². The molecule has 0 radical (unpaired) electrons. The number of nitrogens with zero attached hydrogens (tertiary/aromatic N) is 2. The van der Waals surface area contributed by atoms with Crippen molar-refractivity contribution in [2.45, 2.75) is 61.2 Å². The average molecular weight is 361 g/mol. The third kappa shape index (κ3) is 8.19. The Hall–Kier alpha value is -0.530. The number of esters is 1. The molecule has 0 spiro atoms. The fourth-order valence-electron chi connectivity index (χ4n) is 1.51. The van der Waals surface area contributed by atoms with Gasteiger partial charge in [-0.2, -0.15) is 0 Å². The predicted molar refractivity (Wildman–Crippen MR) is 95.9 cm³/mol. The minimum atomic E-state index is -0.339. The average Bonchev–Trinajstić information content (AvgIpc) is 2.92. The molecule has 0 aliphatic carbocycles. The molecule has 0 amide bonds. The fourth-order valence-corrected chi connectivity index (χ4v) is 4.54. The largest absolute Gasteiger partial charge is 0.458 e. The summed E-state index contributed by atoms with van der Waals surface area (Å²) < 4.78 is 7.18. The highest BCUT2D eigenvalue weighted by molar-refractivity contribution is 8.03. The normalized spacial score (nSPS) is 12.1. The second-order valence-electron chi connectivity index (χ2n) is 5.05. The molecule has 0 saturated heterocycles. The number of aromatic nitrogens is 2. The number of unbranched alkanes of at least 4 members (excludes halogenated alkanes) is 3. The molecule has 1 aromatic rings. The molecule has 0 fully saturated rings. The van der Waals surface area contributed by atoms with Gasteiger partial charge in [-0.25, -0.2) is 4.79 Å². The van der Waals surface area contributed by atoms with Gasteiger partial charge >= 0.3 is 5.97 Å². The third-order valence-electron chi connectivity index (χ3n) is 2.71. The van der Waals surface area contributed by atoms with Gasteiger partial charge < -0.3 is 4.74 Å². The van der Waals surface area contributed by atoms with Crippen LogP contribution in [0.5, 0.6) is 0 Å². The van der Waals surface area contributed by atoms with Crippen molar-refractivity contribution >= 4 is 40.8 Å². The highest BCUT2D eigenvalue weighted by Crippen LogP contribution is 2.30. The van der Waals surface area contributed by atoms with Crippen LogP contribution in [0.15, 0.2) is 20.8 Å². The smallest absolute Gasteiger partial charge is 0.333 e. The summed E-state index contributed by atoms with van der Waals surface area (Å²) in [6.07, 6.45) is 4.92. The Morgan fingerprint density at radius 1 is 1.27 bits per heavy atom. The van der Waals surface area contributed by atoms with E-state index in [0.717, 1.165) is 14.4 Å². The van der Waals surface area contributed by atoms with E-state index >= 15 is 0 Å². The lowest BCUT2D eigenvalue weighted by Crippen LogP contribution is -2.17. The second-order valence-corrected chi connectivity index (χ2v) is 8.64. The predicted octanol–water partition coefficient (Wildman–Crippen LogP) is 4.81. The summed E-state index contributed by atoms with van der Waals surface area (Å²) in [6, 6.07) is 0. The van der Waals surface area contributed by atoms with E-state index in [1.165, 1.54) is 25.7 Å². The van der Waals surface area contributed by atoms with Crippen LogP contribution in [0.4, 0.5) is 0 Å². The first-order valence-corrected chi connectivity index (χ1v) is 10.3. The van der Waals surface area contributed by atoms with Crippen LogP contribution >= 0.6 is 34.9 Å². The minimum absolute atomic E-state index is 0.164. The Bertz CT molecular complexity index is 477. The van der Waals surface area contributed by atoms with Gasteiger partial charge in [-0.1, -0.05) is 67.6 Å². The van der Waals surface area contributed by atoms with Crippen molar-refractivity contribution in [3.05, 3.63) is 12.2 Å². The summed E-state index contributed by atoms with van der Waals surface area (Å²) in [5.74, 6) is 1.44. The van der Waals surface area contributed by atoms with Gasteiger partial charge in [-0.05, 0) is 20.3 Å². The highest BCUT2D eigenvalue weighted by atomic mass is 32.2. The maximum atomic E-state index is 11.4. The van der Waals surface area contributed by atoms with Crippen LogP contribution in [0.1, 0.15) is 46.5 Å². The molecule has 1 atom stereocenters. The van der Waals surface area contributed by atoms with E-state index in [1.54, 1.807) is 41.8 Å². The van der Waals surface area contributed by atoms with Gasteiger partial charge in [0.1, 0.15) is 6.10 Å². The molecule has 0 aliphatic heterocycles. The van der Waals surface area contributed by atoms with Crippen LogP contribution in [0, 0.1) is 0 Å². The van der Waals surface area contributed by atoms with Gasteiger partial charge in [0.15, 0.2) is 8.68 Å². The number of ether oxygens (including phenoxy) is 1. The Balaban J connectivity index is 2.24. The van der Waals surface area contributed by atoms with Gasteiger partial charge in [0.05, 0.1) is 0 Å². The molecular weight excluding hydrogens is 336 g/mol. The molecule has 0 aromatic carbocycles. The Kier molecular flexibility index (Phi) is 9.82. The van der Waals surface area contributed by atoms with Crippen LogP contribution < -0.4 is 0 Å². The van der Waals surface area contributed by atoms with Crippen molar-refractivity contribution < 1.29 is 9.53 Å². The Morgan fingerprint density at radius 3 is 2.59 bits per heavy atom. The maximum absolute atomic E-state index is 11.4. The first-order chi connectivity index (χ1) is 10.5. The van der Waals surface area contributed by atoms with E-state index in [-0.39, 0.29) is 12.1 Å². The molecule has 1 heterocycles. The minimum Gasteiger partial charge on any atom is -0.458 e. The standard InChI is InChI=1S/C15H24N2O2S3/c1-5-6-7-8-9-20-14-16-17-15(22-14)21-10-12(4)19-13(18)11(2)3/h12H,2,5-10H2,1,3-4H3. The molecule has 4 nitrogen and oxygen atoms in total. The molecule has 0 N–H and O–H groups in total. The van der Waals surface area contributed by atoms with Gasteiger partial charge in [-0.3, -0.25) is 0 Å². The number of hydrogen-bond acceptors (Lipinski definition) is 7. The number of hydrogen-bond donors (Lipinski definition) is 0. The molecule has 1 rings (SSSR count). The summed E-state index contributed by atoms with van der Waals surface area (Å²) in [5.41, 5.74) is 0.425. The summed E-state index contributed by atoms with van der Waals surface area (Å²) in [4.78, 5) is 11.4. The molecule has 1 unspecified atom stereocenters. The second kappa shape index (κ2) is 11.1. The van der Waals surface area contributed by atoms with Crippen molar-refractivity contribution in [2.24, 2.45) is 0 Å². The first kappa shape index (κ1) is 19.5. The number of rotatable bonds is 11. The summed E-state index contributed by atoms with van der Waals surface area (Å²) in [5, 5.41) is 8.36. The highest BCUT2D eigenvalue weighted by Gasteiger charge is 2.12. The quantitative estimate of drug-likeness (QED) is 0.244.